The Morgan fingerprint density at radius 2 is 2.57 bits per heavy atom. The maximum Gasteiger partial charge on any atom is 0.108 e. The molecular formula is C4H7N3. The van der Waals surface area contributed by atoms with Gasteiger partial charge in [0.25, 0.3) is 0 Å². The Kier molecular flexibility index (Phi) is 2.69. The van der Waals surface area contributed by atoms with Crippen LogP contribution >= 0.6 is 0 Å². The van der Waals surface area contributed by atoms with Crippen molar-refractivity contribution in [1.82, 2.24) is 0 Å². The molecule has 0 saturated heterocycles. The molecule has 0 fully saturated rings. The number of amidine groups is 1. The van der Waals surface area contributed by atoms with E-state index in [9.17, 15) is 0 Å². The fourth-order valence-electron chi connectivity index (χ4n) is 0.160. The summed E-state index contributed by atoms with van der Waals surface area (Å²) in [4.78, 5) is 3.55. The molecule has 0 aliphatic rings. The quantitative estimate of drug-likeness (QED) is 0.366. The third-order valence-corrected chi connectivity index (χ3v) is 0.547. The van der Waals surface area contributed by atoms with Crippen LogP contribution in [0.1, 0.15) is 6.42 Å². The molecule has 3 heteroatoms. The zero-order valence-corrected chi connectivity index (χ0v) is 4.18. The molecule has 38 valence electrons. The second-order valence-electron chi connectivity index (χ2n) is 1.05. The number of nitrogens with two attached hydrogens (primary N) is 1. The predicted molar refractivity (Wildman–Crippen MR) is 27.8 cm³/mol. The smallest absolute Gasteiger partial charge is 0.108 e. The van der Waals surface area contributed by atoms with Crippen molar-refractivity contribution >= 4 is 5.84 Å². The van der Waals surface area contributed by atoms with Crippen LogP contribution in [-0.4, -0.2) is 12.9 Å². The Labute approximate surface area is 42.5 Å². The maximum atomic E-state index is 7.96. The van der Waals surface area contributed by atoms with E-state index < -0.39 is 0 Å². The van der Waals surface area contributed by atoms with Gasteiger partial charge in [-0.2, -0.15) is 5.26 Å². The molecule has 0 rings (SSSR count). The standard InChI is InChI=1S/C4H7N3/c1-7-4(6)2-3-5/h2H2,1H3,(H2,6,7). The van der Waals surface area contributed by atoms with E-state index in [1.807, 2.05) is 6.07 Å². The molecule has 3 nitrogen and oxygen atoms in total. The highest BCUT2D eigenvalue weighted by Crippen LogP contribution is 1.71. The summed E-state index contributed by atoms with van der Waals surface area (Å²) in [5.74, 6) is 0.391. The summed E-state index contributed by atoms with van der Waals surface area (Å²) in [5, 5.41) is 7.96. The van der Waals surface area contributed by atoms with Crippen LogP contribution in [0.5, 0.6) is 0 Å². The van der Waals surface area contributed by atoms with E-state index in [-0.39, 0.29) is 6.42 Å². The van der Waals surface area contributed by atoms with Crippen molar-refractivity contribution in [2.24, 2.45) is 10.7 Å². The van der Waals surface area contributed by atoms with E-state index in [2.05, 4.69) is 4.99 Å². The van der Waals surface area contributed by atoms with Crippen LogP contribution in [0, 0.1) is 11.3 Å². The summed E-state index contributed by atoms with van der Waals surface area (Å²) in [6, 6.07) is 1.86. The average Bonchev–Trinajstić information content (AvgIpc) is 1.68. The molecule has 0 heterocycles. The van der Waals surface area contributed by atoms with Gasteiger partial charge in [0.1, 0.15) is 5.84 Å². The second-order valence-corrected chi connectivity index (χ2v) is 1.05. The van der Waals surface area contributed by atoms with Crippen molar-refractivity contribution in [2.45, 2.75) is 6.42 Å². The van der Waals surface area contributed by atoms with Gasteiger partial charge in [0.15, 0.2) is 0 Å². The maximum absolute atomic E-state index is 7.96. The van der Waals surface area contributed by atoms with Gasteiger partial charge in [0.05, 0.1) is 12.5 Å². The van der Waals surface area contributed by atoms with Gasteiger partial charge in [0.2, 0.25) is 0 Å². The number of nitrogens with zero attached hydrogens (tertiary/aromatic N) is 2. The third kappa shape index (κ3) is 2.77. The molecule has 0 atom stereocenters. The molecule has 0 spiro atoms. The van der Waals surface area contributed by atoms with E-state index in [1.165, 1.54) is 0 Å². The highest BCUT2D eigenvalue weighted by atomic mass is 14.8. The molecule has 2 N–H and O–H groups in total. The fraction of sp³-hybridized carbons (Fsp3) is 0.500. The van der Waals surface area contributed by atoms with Crippen molar-refractivity contribution in [3.63, 3.8) is 0 Å². The van der Waals surface area contributed by atoms with E-state index in [0.717, 1.165) is 0 Å². The summed E-state index contributed by atoms with van der Waals surface area (Å²) in [6.45, 7) is 0. The minimum absolute atomic E-state index is 0.233. The first-order chi connectivity index (χ1) is 3.31. The molecule has 0 unspecified atom stereocenters. The van der Waals surface area contributed by atoms with Crippen LogP contribution in [0.15, 0.2) is 4.99 Å². The second kappa shape index (κ2) is 3.16. The summed E-state index contributed by atoms with van der Waals surface area (Å²) in [5.41, 5.74) is 5.11. The van der Waals surface area contributed by atoms with E-state index in [1.54, 1.807) is 7.05 Å². The minimum Gasteiger partial charge on any atom is -0.387 e. The van der Waals surface area contributed by atoms with Gasteiger partial charge in [0, 0.05) is 7.05 Å². The molecule has 0 aromatic carbocycles. The molecule has 0 bridgehead atoms. The van der Waals surface area contributed by atoms with Crippen molar-refractivity contribution < 1.29 is 0 Å². The number of rotatable bonds is 1. The van der Waals surface area contributed by atoms with Gasteiger partial charge in [-0.3, -0.25) is 4.99 Å². The van der Waals surface area contributed by atoms with Crippen LogP contribution in [0.4, 0.5) is 0 Å². The molecule has 0 aromatic rings. The van der Waals surface area contributed by atoms with Gasteiger partial charge in [-0.05, 0) is 0 Å². The van der Waals surface area contributed by atoms with Crippen molar-refractivity contribution in [2.75, 3.05) is 7.05 Å². The number of hydrogen-bond donors (Lipinski definition) is 1. The number of aliphatic imine (C=N–C) groups is 1. The fourth-order valence-corrected chi connectivity index (χ4v) is 0.160. The highest BCUT2D eigenvalue weighted by Gasteiger charge is 1.81. The van der Waals surface area contributed by atoms with Gasteiger partial charge in [-0.15, -0.1) is 0 Å². The summed E-state index contributed by atoms with van der Waals surface area (Å²) < 4.78 is 0. The number of hydrogen-bond acceptors (Lipinski definition) is 2. The first-order valence-electron chi connectivity index (χ1n) is 1.89. The average molecular weight is 97.1 g/mol. The van der Waals surface area contributed by atoms with Gasteiger partial charge >= 0.3 is 0 Å². The molecular weight excluding hydrogens is 90.1 g/mol. The van der Waals surface area contributed by atoms with Crippen molar-refractivity contribution in [3.05, 3.63) is 0 Å². The van der Waals surface area contributed by atoms with Gasteiger partial charge in [-0.1, -0.05) is 0 Å². The van der Waals surface area contributed by atoms with E-state index >= 15 is 0 Å². The Hall–Kier alpha value is -1.04. The van der Waals surface area contributed by atoms with Gasteiger partial charge in [-0.25, -0.2) is 0 Å². The van der Waals surface area contributed by atoms with Crippen LogP contribution in [0.3, 0.4) is 0 Å². The zero-order valence-electron chi connectivity index (χ0n) is 4.18. The Morgan fingerprint density at radius 3 is 2.71 bits per heavy atom. The molecule has 0 amide bonds. The lowest BCUT2D eigenvalue weighted by atomic mass is 10.4. The summed E-state index contributed by atoms with van der Waals surface area (Å²) in [7, 11) is 1.56. The molecule has 0 aromatic heterocycles. The summed E-state index contributed by atoms with van der Waals surface area (Å²) in [6.07, 6.45) is 0.233. The van der Waals surface area contributed by atoms with Crippen LogP contribution in [0.25, 0.3) is 0 Å². The SMILES string of the molecule is CN=C(N)CC#N. The molecule has 0 radical (unpaired) electrons. The predicted octanol–water partition coefficient (Wildman–Crippen LogP) is -0.113. The van der Waals surface area contributed by atoms with E-state index in [0.29, 0.717) is 5.84 Å². The van der Waals surface area contributed by atoms with Crippen molar-refractivity contribution in [1.29, 1.82) is 5.26 Å². The van der Waals surface area contributed by atoms with Crippen LogP contribution < -0.4 is 5.73 Å². The van der Waals surface area contributed by atoms with Crippen LogP contribution in [0.2, 0.25) is 0 Å². The Bertz CT molecular complexity index is 109. The molecule has 7 heavy (non-hydrogen) atoms. The highest BCUT2D eigenvalue weighted by molar-refractivity contribution is 5.81. The largest absolute Gasteiger partial charge is 0.387 e. The lowest BCUT2D eigenvalue weighted by molar-refractivity contribution is 1.30. The first kappa shape index (κ1) is 5.96. The van der Waals surface area contributed by atoms with Gasteiger partial charge < -0.3 is 5.73 Å². The monoisotopic (exact) mass is 97.1 g/mol. The zero-order chi connectivity index (χ0) is 5.70. The third-order valence-electron chi connectivity index (χ3n) is 0.547. The van der Waals surface area contributed by atoms with E-state index in [4.69, 9.17) is 11.0 Å². The molecule has 0 saturated carbocycles. The summed E-state index contributed by atoms with van der Waals surface area (Å²) >= 11 is 0. The van der Waals surface area contributed by atoms with Crippen LogP contribution in [-0.2, 0) is 0 Å². The Morgan fingerprint density at radius 1 is 2.00 bits per heavy atom. The topological polar surface area (TPSA) is 62.2 Å². The first-order valence-corrected chi connectivity index (χ1v) is 1.89. The minimum atomic E-state index is 0.233. The van der Waals surface area contributed by atoms with Crippen molar-refractivity contribution in [3.8, 4) is 6.07 Å². The lowest BCUT2D eigenvalue weighted by Gasteiger charge is -1.83. The number of nitriles is 1. The normalized spacial score (nSPS) is 10.6. The molecule has 0 aliphatic heterocycles. The molecule has 0 aliphatic carbocycles. The Balaban J connectivity index is 3.43. The lowest BCUT2D eigenvalue weighted by Crippen LogP contribution is -2.09.